The van der Waals surface area contributed by atoms with Gasteiger partial charge in [0.25, 0.3) is 0 Å². The normalized spacial score (nSPS) is 19.7. The summed E-state index contributed by atoms with van der Waals surface area (Å²) in [6, 6.07) is 3.14. The fourth-order valence-corrected chi connectivity index (χ4v) is 6.34. The summed E-state index contributed by atoms with van der Waals surface area (Å²) in [5, 5.41) is 3.02. The zero-order chi connectivity index (χ0) is 15.5. The van der Waals surface area contributed by atoms with Crippen LogP contribution in [-0.4, -0.2) is 48.0 Å². The van der Waals surface area contributed by atoms with E-state index in [-0.39, 0.29) is 17.5 Å². The summed E-state index contributed by atoms with van der Waals surface area (Å²) >= 11 is 1.26. The molecule has 0 saturated carbocycles. The zero-order valence-corrected chi connectivity index (χ0v) is 14.3. The highest BCUT2D eigenvalue weighted by Crippen LogP contribution is 2.23. The monoisotopic (exact) mass is 352 g/mol. The molecule has 0 unspecified atom stereocenters. The van der Waals surface area contributed by atoms with Gasteiger partial charge in [-0.25, -0.2) is 21.6 Å². The van der Waals surface area contributed by atoms with E-state index >= 15 is 0 Å². The predicted octanol–water partition coefficient (Wildman–Crippen LogP) is 0.365. The van der Waals surface area contributed by atoms with Crippen LogP contribution in [0.1, 0.15) is 17.7 Å². The van der Waals surface area contributed by atoms with E-state index in [4.69, 9.17) is 0 Å². The van der Waals surface area contributed by atoms with Gasteiger partial charge in [-0.2, -0.15) is 0 Å². The van der Waals surface area contributed by atoms with Crippen molar-refractivity contribution in [3.8, 4) is 0 Å². The lowest BCUT2D eigenvalue weighted by molar-refractivity contribution is 0.506. The minimum Gasteiger partial charge on any atom is -0.319 e. The van der Waals surface area contributed by atoms with Gasteiger partial charge in [0.05, 0.1) is 11.5 Å². The van der Waals surface area contributed by atoms with Crippen molar-refractivity contribution in [2.75, 3.05) is 25.1 Å². The Morgan fingerprint density at radius 3 is 2.57 bits per heavy atom. The number of sulfonamides is 1. The number of nitrogens with one attached hydrogen (secondary N) is 2. The maximum Gasteiger partial charge on any atom is 0.250 e. The van der Waals surface area contributed by atoms with Crippen LogP contribution in [-0.2, 0) is 26.3 Å². The van der Waals surface area contributed by atoms with Gasteiger partial charge in [-0.3, -0.25) is 0 Å². The van der Waals surface area contributed by atoms with Crippen LogP contribution in [0.25, 0.3) is 0 Å². The van der Waals surface area contributed by atoms with E-state index in [1.54, 1.807) is 6.07 Å². The van der Waals surface area contributed by atoms with Crippen LogP contribution in [0, 0.1) is 0 Å². The molecule has 0 radical (unpaired) electrons. The lowest BCUT2D eigenvalue weighted by Gasteiger charge is -2.22. The van der Waals surface area contributed by atoms with Crippen molar-refractivity contribution >= 4 is 31.2 Å². The number of hydrogen-bond acceptors (Lipinski definition) is 6. The van der Waals surface area contributed by atoms with E-state index < -0.39 is 19.9 Å². The van der Waals surface area contributed by atoms with Crippen LogP contribution in [0.5, 0.6) is 0 Å². The molecule has 2 heterocycles. The molecule has 0 amide bonds. The minimum atomic E-state index is -3.55. The Bertz CT molecular complexity index is 665. The second-order valence-electron chi connectivity index (χ2n) is 5.12. The molecule has 120 valence electrons. The smallest absolute Gasteiger partial charge is 0.250 e. The molecule has 6 nitrogen and oxygen atoms in total. The van der Waals surface area contributed by atoms with Crippen LogP contribution in [0.4, 0.5) is 0 Å². The van der Waals surface area contributed by atoms with Crippen molar-refractivity contribution in [3.05, 3.63) is 17.0 Å². The summed E-state index contributed by atoms with van der Waals surface area (Å²) < 4.78 is 50.2. The molecule has 9 heteroatoms. The van der Waals surface area contributed by atoms with Crippen molar-refractivity contribution in [1.29, 1.82) is 0 Å². The molecule has 1 fully saturated rings. The van der Waals surface area contributed by atoms with E-state index in [2.05, 4.69) is 10.0 Å². The average Bonchev–Trinajstić information content (AvgIpc) is 2.88. The van der Waals surface area contributed by atoms with Gasteiger partial charge in [0.2, 0.25) is 10.0 Å². The minimum absolute atomic E-state index is 0.0536. The third-order valence-electron chi connectivity index (χ3n) is 3.40. The number of thiophene rings is 1. The highest BCUT2D eigenvalue weighted by atomic mass is 32.2. The summed E-state index contributed by atoms with van der Waals surface area (Å²) in [6.07, 6.45) is 1.48. The van der Waals surface area contributed by atoms with Crippen LogP contribution >= 0.6 is 11.3 Å². The molecule has 2 rings (SSSR count). The third kappa shape index (κ3) is 4.75. The quantitative estimate of drug-likeness (QED) is 0.771. The van der Waals surface area contributed by atoms with E-state index in [1.165, 1.54) is 11.3 Å². The molecule has 0 atom stereocenters. The molecule has 2 N–H and O–H groups in total. The number of rotatable bonds is 6. The van der Waals surface area contributed by atoms with Gasteiger partial charge < -0.3 is 5.32 Å². The van der Waals surface area contributed by atoms with Crippen LogP contribution in [0.15, 0.2) is 16.3 Å². The SMILES string of the molecule is CNCCc1ccc(S(=O)(=O)NC2CCS(=O)(=O)CC2)s1. The van der Waals surface area contributed by atoms with Crippen molar-refractivity contribution < 1.29 is 16.8 Å². The second kappa shape index (κ2) is 6.74. The van der Waals surface area contributed by atoms with Crippen molar-refractivity contribution in [3.63, 3.8) is 0 Å². The van der Waals surface area contributed by atoms with Gasteiger partial charge in [-0.05, 0) is 45.0 Å². The summed E-state index contributed by atoms with van der Waals surface area (Å²) in [5.41, 5.74) is 0. The van der Waals surface area contributed by atoms with Gasteiger partial charge in [-0.15, -0.1) is 11.3 Å². The maximum absolute atomic E-state index is 12.3. The first kappa shape index (κ1) is 16.9. The van der Waals surface area contributed by atoms with Crippen molar-refractivity contribution in [1.82, 2.24) is 10.0 Å². The fourth-order valence-electron chi connectivity index (χ4n) is 2.17. The van der Waals surface area contributed by atoms with Crippen LogP contribution < -0.4 is 10.0 Å². The van der Waals surface area contributed by atoms with Crippen LogP contribution in [0.2, 0.25) is 0 Å². The molecule has 0 bridgehead atoms. The highest BCUT2D eigenvalue weighted by Gasteiger charge is 2.28. The highest BCUT2D eigenvalue weighted by molar-refractivity contribution is 7.92. The molecule has 1 aliphatic rings. The second-order valence-corrected chi connectivity index (χ2v) is 10.5. The Morgan fingerprint density at radius 2 is 1.95 bits per heavy atom. The number of sulfone groups is 1. The molecular formula is C12H20N2O4S3. The molecule has 0 spiro atoms. The van der Waals surface area contributed by atoms with Crippen molar-refractivity contribution in [2.45, 2.75) is 29.5 Å². The first-order valence-electron chi connectivity index (χ1n) is 6.78. The summed E-state index contributed by atoms with van der Waals surface area (Å²) in [5.74, 6) is 0.107. The topological polar surface area (TPSA) is 92.3 Å². The predicted molar refractivity (Wildman–Crippen MR) is 83.9 cm³/mol. The lowest BCUT2D eigenvalue weighted by atomic mass is 10.2. The number of hydrogen-bond donors (Lipinski definition) is 2. The van der Waals surface area contributed by atoms with Gasteiger partial charge in [-0.1, -0.05) is 0 Å². The number of likely N-dealkylation sites (N-methyl/N-ethyl adjacent to an activating group) is 1. The van der Waals surface area contributed by atoms with E-state index in [9.17, 15) is 16.8 Å². The third-order valence-corrected chi connectivity index (χ3v) is 8.27. The Labute approximate surface area is 129 Å². The van der Waals surface area contributed by atoms with Gasteiger partial charge in [0.1, 0.15) is 14.0 Å². The molecule has 21 heavy (non-hydrogen) atoms. The molecule has 1 saturated heterocycles. The molecule has 0 aromatic carbocycles. The van der Waals surface area contributed by atoms with Gasteiger partial charge >= 0.3 is 0 Å². The van der Waals surface area contributed by atoms with Gasteiger partial charge in [0, 0.05) is 10.9 Å². The largest absolute Gasteiger partial charge is 0.319 e. The molecule has 1 aromatic rings. The van der Waals surface area contributed by atoms with Gasteiger partial charge in [0.15, 0.2) is 0 Å². The molecule has 1 aromatic heterocycles. The summed E-state index contributed by atoms with van der Waals surface area (Å²) in [6.45, 7) is 0.800. The first-order chi connectivity index (χ1) is 9.82. The van der Waals surface area contributed by atoms with Crippen molar-refractivity contribution in [2.24, 2.45) is 0 Å². The lowest BCUT2D eigenvalue weighted by Crippen LogP contribution is -2.40. The van der Waals surface area contributed by atoms with E-state index in [0.29, 0.717) is 17.1 Å². The van der Waals surface area contributed by atoms with E-state index in [1.807, 2.05) is 13.1 Å². The standard InChI is InChI=1S/C12H20N2O4S3/c1-13-7-4-11-2-3-12(19-11)21(17,18)14-10-5-8-20(15,16)9-6-10/h2-3,10,13-14H,4-9H2,1H3. The first-order valence-corrected chi connectivity index (χ1v) is 10.9. The summed E-state index contributed by atoms with van der Waals surface area (Å²) in [7, 11) is -4.68. The molecule has 0 aliphatic carbocycles. The molecule has 1 aliphatic heterocycles. The zero-order valence-electron chi connectivity index (χ0n) is 11.8. The Morgan fingerprint density at radius 1 is 1.29 bits per heavy atom. The summed E-state index contributed by atoms with van der Waals surface area (Å²) in [4.78, 5) is 1.01. The van der Waals surface area contributed by atoms with Crippen LogP contribution in [0.3, 0.4) is 0 Å². The Kier molecular flexibility index (Phi) is 5.42. The fraction of sp³-hybridized carbons (Fsp3) is 0.667. The Hall–Kier alpha value is -0.480. The average molecular weight is 353 g/mol. The Balaban J connectivity index is 2.00. The molecular weight excluding hydrogens is 332 g/mol. The maximum atomic E-state index is 12.3. The van der Waals surface area contributed by atoms with E-state index in [0.717, 1.165) is 17.8 Å².